The van der Waals surface area contributed by atoms with Crippen molar-refractivity contribution in [3.63, 3.8) is 0 Å². The van der Waals surface area contributed by atoms with Gasteiger partial charge in [-0.2, -0.15) is 0 Å². The van der Waals surface area contributed by atoms with Gasteiger partial charge in [0.15, 0.2) is 0 Å². The van der Waals surface area contributed by atoms with E-state index in [1.54, 1.807) is 0 Å². The van der Waals surface area contributed by atoms with Crippen LogP contribution in [0.3, 0.4) is 0 Å². The van der Waals surface area contributed by atoms with Crippen molar-refractivity contribution < 1.29 is 15.0 Å². The molecule has 154 valence electrons. The van der Waals surface area contributed by atoms with Gasteiger partial charge in [0.1, 0.15) is 5.76 Å². The van der Waals surface area contributed by atoms with Gasteiger partial charge in [-0.25, -0.2) is 0 Å². The Kier molecular flexibility index (Phi) is 22.2. The second kappa shape index (κ2) is 21.6. The molecule has 0 atom stereocenters. The van der Waals surface area contributed by atoms with E-state index in [4.69, 9.17) is 10.2 Å². The fraction of sp³-hybridized carbons (Fsp3) is 0.773. The van der Waals surface area contributed by atoms with Gasteiger partial charge in [0, 0.05) is 12.8 Å². The van der Waals surface area contributed by atoms with Crippen molar-refractivity contribution >= 4 is 5.91 Å². The van der Waals surface area contributed by atoms with Gasteiger partial charge in [0.05, 0.1) is 12.3 Å². The normalized spacial score (nSPS) is 9.92. The highest BCUT2D eigenvalue weighted by molar-refractivity contribution is 5.75. The molecule has 0 spiro atoms. The number of rotatable bonds is 17. The Morgan fingerprint density at radius 3 is 1.35 bits per heavy atom. The number of carbonyl (C=O) groups excluding carboxylic acids is 1. The van der Waals surface area contributed by atoms with Crippen LogP contribution in [0.5, 0.6) is 0 Å². The molecule has 0 heterocycles. The van der Waals surface area contributed by atoms with Gasteiger partial charge >= 0.3 is 0 Å². The molecular weight excluding hydrogens is 326 g/mol. The quantitative estimate of drug-likeness (QED) is 0.196. The molecule has 0 aromatic carbocycles. The Hall–Kier alpha value is -1.45. The fourth-order valence-electron chi connectivity index (χ4n) is 2.67. The molecule has 26 heavy (non-hydrogen) atoms. The highest BCUT2D eigenvalue weighted by Gasteiger charge is 2.01. The minimum atomic E-state index is -0.00602. The van der Waals surface area contributed by atoms with Gasteiger partial charge < -0.3 is 15.5 Å². The van der Waals surface area contributed by atoms with E-state index >= 15 is 0 Å². The monoisotopic (exact) mass is 369 g/mol. The standard InChI is InChI=1S/C20H37NO3.C2H6/c1-18(22)15-13-11-9-7-5-3-4-6-8-10-12-14-16-20(24)21-17-19(2)23;1-2/h22-23H,1-17H2,(H,21,24);1-2H3. The van der Waals surface area contributed by atoms with Crippen LogP contribution in [0.1, 0.15) is 104 Å². The smallest absolute Gasteiger partial charge is 0.220 e. The zero-order valence-corrected chi connectivity index (χ0v) is 17.3. The summed E-state index contributed by atoms with van der Waals surface area (Å²) in [5.74, 6) is 0.305. The second-order valence-electron chi connectivity index (χ2n) is 6.65. The Labute approximate surface area is 161 Å². The molecule has 4 nitrogen and oxygen atoms in total. The average Bonchev–Trinajstić information content (AvgIpc) is 2.61. The number of aliphatic hydroxyl groups is 2. The highest BCUT2D eigenvalue weighted by atomic mass is 16.3. The lowest BCUT2D eigenvalue weighted by Crippen LogP contribution is -2.24. The van der Waals surface area contributed by atoms with Crippen molar-refractivity contribution in [2.24, 2.45) is 0 Å². The van der Waals surface area contributed by atoms with E-state index < -0.39 is 0 Å². The largest absolute Gasteiger partial charge is 0.513 e. The number of nitrogens with one attached hydrogen (secondary N) is 1. The zero-order valence-electron chi connectivity index (χ0n) is 17.3. The summed E-state index contributed by atoms with van der Waals surface area (Å²) >= 11 is 0. The first-order valence-corrected chi connectivity index (χ1v) is 10.5. The van der Waals surface area contributed by atoms with Gasteiger partial charge in [0.2, 0.25) is 5.91 Å². The van der Waals surface area contributed by atoms with E-state index in [9.17, 15) is 4.79 Å². The molecule has 0 unspecified atom stereocenters. The number of allylic oxidation sites excluding steroid dienone is 1. The molecule has 0 aromatic heterocycles. The Morgan fingerprint density at radius 1 is 0.654 bits per heavy atom. The van der Waals surface area contributed by atoms with Crippen LogP contribution in [0.15, 0.2) is 24.7 Å². The lowest BCUT2D eigenvalue weighted by molar-refractivity contribution is -0.121. The third-order valence-corrected chi connectivity index (χ3v) is 4.11. The minimum Gasteiger partial charge on any atom is -0.513 e. The maximum absolute atomic E-state index is 11.4. The molecule has 0 saturated carbocycles. The lowest BCUT2D eigenvalue weighted by atomic mass is 10.0. The first-order chi connectivity index (χ1) is 12.5. The number of hydrogen-bond donors (Lipinski definition) is 3. The first-order valence-electron chi connectivity index (χ1n) is 10.5. The lowest BCUT2D eigenvalue weighted by Gasteiger charge is -2.04. The van der Waals surface area contributed by atoms with E-state index in [0.717, 1.165) is 25.7 Å². The van der Waals surface area contributed by atoms with Crippen LogP contribution in [0.2, 0.25) is 0 Å². The maximum Gasteiger partial charge on any atom is 0.220 e. The molecule has 0 fully saturated rings. The Balaban J connectivity index is 0. The van der Waals surface area contributed by atoms with Crippen molar-refractivity contribution in [3.8, 4) is 0 Å². The van der Waals surface area contributed by atoms with Crippen LogP contribution in [0, 0.1) is 0 Å². The van der Waals surface area contributed by atoms with E-state index in [2.05, 4.69) is 18.5 Å². The number of unbranched alkanes of at least 4 members (excludes halogenated alkanes) is 11. The number of aliphatic hydroxyl groups excluding tert-OH is 2. The van der Waals surface area contributed by atoms with Gasteiger partial charge in [0.25, 0.3) is 0 Å². The van der Waals surface area contributed by atoms with Crippen molar-refractivity contribution in [1.82, 2.24) is 5.32 Å². The van der Waals surface area contributed by atoms with Gasteiger partial charge in [-0.1, -0.05) is 91.2 Å². The molecule has 4 heteroatoms. The molecular formula is C22H43NO3. The summed E-state index contributed by atoms with van der Waals surface area (Å²) in [6.07, 6.45) is 15.8. The van der Waals surface area contributed by atoms with E-state index in [1.165, 1.54) is 57.8 Å². The fourth-order valence-corrected chi connectivity index (χ4v) is 2.67. The Bertz CT molecular complexity index is 353. The zero-order chi connectivity index (χ0) is 20.0. The van der Waals surface area contributed by atoms with Crippen molar-refractivity contribution in [2.75, 3.05) is 6.54 Å². The summed E-state index contributed by atoms with van der Waals surface area (Å²) in [5, 5.41) is 20.5. The van der Waals surface area contributed by atoms with Crippen LogP contribution >= 0.6 is 0 Å². The molecule has 0 aliphatic rings. The second-order valence-corrected chi connectivity index (χ2v) is 6.65. The average molecular weight is 370 g/mol. The Morgan fingerprint density at radius 2 is 1.00 bits per heavy atom. The number of carbonyl (C=O) groups is 1. The minimum absolute atomic E-state index is 0.000546. The summed E-state index contributed by atoms with van der Waals surface area (Å²) in [5.41, 5.74) is 0. The summed E-state index contributed by atoms with van der Waals surface area (Å²) in [7, 11) is 0. The molecule has 0 bridgehead atoms. The SMILES string of the molecule is C=C(O)CCCCCCCCCCCCCCC(=O)NCC(=C)O.CC. The molecule has 1 amide bonds. The van der Waals surface area contributed by atoms with Crippen LogP contribution in [0.25, 0.3) is 0 Å². The van der Waals surface area contributed by atoms with Gasteiger partial charge in [-0.3, -0.25) is 4.79 Å². The molecule has 3 N–H and O–H groups in total. The predicted octanol–water partition coefficient (Wildman–Crippen LogP) is 6.73. The van der Waals surface area contributed by atoms with Crippen molar-refractivity contribution in [2.45, 2.75) is 104 Å². The molecule has 0 aliphatic heterocycles. The summed E-state index contributed by atoms with van der Waals surface area (Å²) in [6, 6.07) is 0. The molecule has 0 aliphatic carbocycles. The molecule has 0 rings (SSSR count). The highest BCUT2D eigenvalue weighted by Crippen LogP contribution is 2.13. The number of hydrogen-bond acceptors (Lipinski definition) is 3. The summed E-state index contributed by atoms with van der Waals surface area (Å²) in [6.45, 7) is 11.0. The van der Waals surface area contributed by atoms with Crippen molar-refractivity contribution in [3.05, 3.63) is 24.7 Å². The maximum atomic E-state index is 11.4. The third kappa shape index (κ3) is 24.8. The van der Waals surface area contributed by atoms with Gasteiger partial charge in [-0.05, 0) is 12.8 Å². The van der Waals surface area contributed by atoms with Crippen molar-refractivity contribution in [1.29, 1.82) is 0 Å². The van der Waals surface area contributed by atoms with Crippen LogP contribution in [-0.4, -0.2) is 22.7 Å². The topological polar surface area (TPSA) is 69.6 Å². The van der Waals surface area contributed by atoms with Crippen LogP contribution < -0.4 is 5.32 Å². The first kappa shape index (κ1) is 26.8. The van der Waals surface area contributed by atoms with Crippen LogP contribution in [0.4, 0.5) is 0 Å². The summed E-state index contributed by atoms with van der Waals surface area (Å²) < 4.78 is 0. The molecule has 0 aromatic rings. The van der Waals surface area contributed by atoms with Gasteiger partial charge in [-0.15, -0.1) is 0 Å². The molecule has 0 saturated heterocycles. The summed E-state index contributed by atoms with van der Waals surface area (Å²) in [4.78, 5) is 11.4. The van der Waals surface area contributed by atoms with E-state index in [1.807, 2.05) is 13.8 Å². The third-order valence-electron chi connectivity index (χ3n) is 4.11. The van der Waals surface area contributed by atoms with Crippen LogP contribution in [-0.2, 0) is 4.79 Å². The van der Waals surface area contributed by atoms with E-state index in [0.29, 0.717) is 12.2 Å². The predicted molar refractivity (Wildman–Crippen MR) is 113 cm³/mol. The number of amides is 1. The van der Waals surface area contributed by atoms with E-state index in [-0.39, 0.29) is 18.2 Å². The molecule has 0 radical (unpaired) electrons.